The average molecular weight is 336 g/mol. The third kappa shape index (κ3) is 2.69. The van der Waals surface area contributed by atoms with E-state index in [-0.39, 0.29) is 11.6 Å². The van der Waals surface area contributed by atoms with Gasteiger partial charge >= 0.3 is 5.69 Å². The molecule has 0 aliphatic carbocycles. The Labute approximate surface area is 145 Å². The van der Waals surface area contributed by atoms with Gasteiger partial charge < -0.3 is 19.8 Å². The van der Waals surface area contributed by atoms with Gasteiger partial charge in [0.1, 0.15) is 0 Å². The molecule has 4 rings (SSSR count). The molecule has 2 heterocycles. The maximum Gasteiger partial charge on any atom is 0.323 e. The van der Waals surface area contributed by atoms with Crippen molar-refractivity contribution >= 4 is 28.3 Å². The molecule has 0 fully saturated rings. The third-order valence-corrected chi connectivity index (χ3v) is 4.67. The van der Waals surface area contributed by atoms with Crippen LogP contribution in [-0.2, 0) is 0 Å². The summed E-state index contributed by atoms with van der Waals surface area (Å²) in [6.07, 6.45) is 0. The number of hydrogen-bond acceptors (Lipinski definition) is 3. The van der Waals surface area contributed by atoms with Gasteiger partial charge in [-0.15, -0.1) is 0 Å². The van der Waals surface area contributed by atoms with E-state index < -0.39 is 0 Å². The predicted octanol–water partition coefficient (Wildman–Crippen LogP) is 2.59. The second kappa shape index (κ2) is 5.81. The van der Waals surface area contributed by atoms with Gasteiger partial charge in [0.05, 0.1) is 22.4 Å². The second-order valence-corrected chi connectivity index (χ2v) is 6.73. The van der Waals surface area contributed by atoms with Crippen molar-refractivity contribution in [1.82, 2.24) is 9.97 Å². The third-order valence-electron chi connectivity index (χ3n) is 4.67. The SMILES string of the molecule is C[C@@H]1CN(C)c2ccccc2N(C(=O)c2ccc3[nH]c(=O)[nH]c3c2)C1. The number of nitrogens with one attached hydrogen (secondary N) is 2. The largest absolute Gasteiger partial charge is 0.373 e. The van der Waals surface area contributed by atoms with E-state index in [4.69, 9.17) is 0 Å². The summed E-state index contributed by atoms with van der Waals surface area (Å²) in [5.41, 5.74) is 3.61. The number of amides is 1. The second-order valence-electron chi connectivity index (χ2n) is 6.73. The Morgan fingerprint density at radius 2 is 1.76 bits per heavy atom. The number of carbonyl (C=O) groups is 1. The van der Waals surface area contributed by atoms with Crippen molar-refractivity contribution in [3.63, 3.8) is 0 Å². The topological polar surface area (TPSA) is 72.2 Å². The number of nitrogens with zero attached hydrogens (tertiary/aromatic N) is 2. The number of anilines is 2. The van der Waals surface area contributed by atoms with Gasteiger partial charge in [0.2, 0.25) is 0 Å². The molecule has 0 radical (unpaired) electrons. The van der Waals surface area contributed by atoms with Crippen LogP contribution in [0.3, 0.4) is 0 Å². The van der Waals surface area contributed by atoms with Crippen molar-refractivity contribution in [1.29, 1.82) is 0 Å². The molecule has 128 valence electrons. The van der Waals surface area contributed by atoms with Gasteiger partial charge in [-0.1, -0.05) is 19.1 Å². The fraction of sp³-hybridized carbons (Fsp3) is 0.263. The van der Waals surface area contributed by atoms with E-state index in [1.807, 2.05) is 29.2 Å². The quantitative estimate of drug-likeness (QED) is 0.717. The van der Waals surface area contributed by atoms with Crippen molar-refractivity contribution in [3.05, 3.63) is 58.5 Å². The van der Waals surface area contributed by atoms with Crippen LogP contribution < -0.4 is 15.5 Å². The normalized spacial score (nSPS) is 17.4. The van der Waals surface area contributed by atoms with E-state index in [2.05, 4.69) is 28.8 Å². The lowest BCUT2D eigenvalue weighted by molar-refractivity contribution is 0.0984. The van der Waals surface area contributed by atoms with Crippen LogP contribution in [-0.4, -0.2) is 36.0 Å². The van der Waals surface area contributed by atoms with E-state index in [1.54, 1.807) is 18.2 Å². The molecule has 6 heteroatoms. The number of aromatic nitrogens is 2. The number of rotatable bonds is 1. The fourth-order valence-corrected chi connectivity index (χ4v) is 3.56. The Bertz CT molecular complexity index is 1000. The summed E-state index contributed by atoms with van der Waals surface area (Å²) in [6.45, 7) is 3.70. The standard InChI is InChI=1S/C19H20N4O2/c1-12-10-22(2)16-5-3-4-6-17(16)23(11-12)18(24)13-7-8-14-15(9-13)21-19(25)20-14/h3-9,12H,10-11H2,1-2H3,(H2,20,21,25)/t12-/m1/s1. The molecule has 1 aliphatic rings. The van der Waals surface area contributed by atoms with Crippen LogP contribution >= 0.6 is 0 Å². The molecule has 0 bridgehead atoms. The lowest BCUT2D eigenvalue weighted by Gasteiger charge is -2.24. The summed E-state index contributed by atoms with van der Waals surface area (Å²) in [5, 5.41) is 0. The summed E-state index contributed by atoms with van der Waals surface area (Å²) < 4.78 is 0. The average Bonchev–Trinajstić information content (AvgIpc) is 2.92. The number of fused-ring (bicyclic) bond motifs is 2. The summed E-state index contributed by atoms with van der Waals surface area (Å²) in [4.78, 5) is 34.1. The summed E-state index contributed by atoms with van der Waals surface area (Å²) in [6, 6.07) is 13.2. The maximum atomic E-state index is 13.2. The number of H-pyrrole nitrogens is 2. The van der Waals surface area contributed by atoms with E-state index >= 15 is 0 Å². The van der Waals surface area contributed by atoms with E-state index in [0.29, 0.717) is 29.1 Å². The molecule has 1 atom stereocenters. The highest BCUT2D eigenvalue weighted by Gasteiger charge is 2.27. The molecule has 3 aromatic rings. The van der Waals surface area contributed by atoms with E-state index in [0.717, 1.165) is 17.9 Å². The molecular weight excluding hydrogens is 316 g/mol. The number of benzene rings is 2. The van der Waals surface area contributed by atoms with Crippen molar-refractivity contribution in [2.24, 2.45) is 5.92 Å². The van der Waals surface area contributed by atoms with Gasteiger partial charge in [0, 0.05) is 25.7 Å². The minimum absolute atomic E-state index is 0.0569. The molecule has 25 heavy (non-hydrogen) atoms. The highest BCUT2D eigenvalue weighted by molar-refractivity contribution is 6.09. The molecule has 1 amide bonds. The van der Waals surface area contributed by atoms with Crippen LogP contribution in [0.1, 0.15) is 17.3 Å². The van der Waals surface area contributed by atoms with Gasteiger partial charge in [0.15, 0.2) is 0 Å². The zero-order valence-electron chi connectivity index (χ0n) is 14.2. The van der Waals surface area contributed by atoms with Crippen molar-refractivity contribution < 1.29 is 4.79 Å². The summed E-state index contributed by atoms with van der Waals surface area (Å²) in [5.74, 6) is 0.288. The fourth-order valence-electron chi connectivity index (χ4n) is 3.56. The minimum Gasteiger partial charge on any atom is -0.373 e. The molecule has 0 spiro atoms. The minimum atomic E-state index is -0.269. The Kier molecular flexibility index (Phi) is 3.60. The zero-order valence-corrected chi connectivity index (χ0v) is 14.2. The van der Waals surface area contributed by atoms with E-state index in [1.165, 1.54) is 0 Å². The van der Waals surface area contributed by atoms with Crippen LogP contribution in [0.5, 0.6) is 0 Å². The molecule has 1 aliphatic heterocycles. The Morgan fingerprint density at radius 3 is 2.56 bits per heavy atom. The van der Waals surface area contributed by atoms with Crippen molar-refractivity contribution in [2.45, 2.75) is 6.92 Å². The first-order chi connectivity index (χ1) is 12.0. The summed E-state index contributed by atoms with van der Waals surface area (Å²) >= 11 is 0. The first kappa shape index (κ1) is 15.5. The Hall–Kier alpha value is -3.02. The number of aromatic amines is 2. The monoisotopic (exact) mass is 336 g/mol. The molecule has 2 aromatic carbocycles. The van der Waals surface area contributed by atoms with Crippen LogP contribution in [0, 0.1) is 5.92 Å². The molecule has 0 saturated heterocycles. The van der Waals surface area contributed by atoms with Gasteiger partial charge in [-0.05, 0) is 36.2 Å². The maximum absolute atomic E-state index is 13.2. The lowest BCUT2D eigenvalue weighted by atomic mass is 10.1. The first-order valence-corrected chi connectivity index (χ1v) is 8.37. The summed E-state index contributed by atoms with van der Waals surface area (Å²) in [7, 11) is 2.06. The molecule has 0 saturated carbocycles. The molecule has 0 unspecified atom stereocenters. The van der Waals surface area contributed by atoms with E-state index in [9.17, 15) is 9.59 Å². The number of hydrogen-bond donors (Lipinski definition) is 2. The molecular formula is C19H20N4O2. The first-order valence-electron chi connectivity index (χ1n) is 8.37. The van der Waals surface area contributed by atoms with Crippen LogP contribution in [0.4, 0.5) is 11.4 Å². The van der Waals surface area contributed by atoms with Gasteiger partial charge in [-0.3, -0.25) is 4.79 Å². The highest BCUT2D eigenvalue weighted by atomic mass is 16.2. The molecule has 1 aromatic heterocycles. The van der Waals surface area contributed by atoms with Crippen molar-refractivity contribution in [3.8, 4) is 0 Å². The van der Waals surface area contributed by atoms with Gasteiger partial charge in [-0.25, -0.2) is 4.79 Å². The molecule has 6 nitrogen and oxygen atoms in total. The zero-order chi connectivity index (χ0) is 17.6. The number of carbonyl (C=O) groups excluding carboxylic acids is 1. The van der Waals surface area contributed by atoms with Crippen LogP contribution in [0.25, 0.3) is 11.0 Å². The van der Waals surface area contributed by atoms with Gasteiger partial charge in [-0.2, -0.15) is 0 Å². The highest BCUT2D eigenvalue weighted by Crippen LogP contribution is 2.33. The lowest BCUT2D eigenvalue weighted by Crippen LogP contribution is -2.34. The van der Waals surface area contributed by atoms with Crippen molar-refractivity contribution in [2.75, 3.05) is 29.9 Å². The predicted molar refractivity (Wildman–Crippen MR) is 99.5 cm³/mol. The molecule has 2 N–H and O–H groups in total. The van der Waals surface area contributed by atoms with Crippen LogP contribution in [0.15, 0.2) is 47.3 Å². The van der Waals surface area contributed by atoms with Gasteiger partial charge in [0.25, 0.3) is 5.91 Å². The number of imidazole rings is 1. The Balaban J connectivity index is 1.79. The number of para-hydroxylation sites is 2. The Morgan fingerprint density at radius 1 is 1.04 bits per heavy atom. The van der Waals surface area contributed by atoms with Crippen LogP contribution in [0.2, 0.25) is 0 Å². The smallest absolute Gasteiger partial charge is 0.323 e.